The molecule has 1 aromatic rings. The number of likely N-dealkylation sites (tertiary alicyclic amines) is 1. The molecule has 3 unspecified atom stereocenters. The second-order valence-corrected chi connectivity index (χ2v) is 8.62. The molecule has 0 aliphatic carbocycles. The topological polar surface area (TPSA) is 46.6 Å². The monoisotopic (exact) mass is 307 g/mol. The first kappa shape index (κ1) is 13.7. The maximum Gasteiger partial charge on any atom is 0.190 e. The lowest BCUT2D eigenvalue weighted by molar-refractivity contribution is -0.0270. The predicted octanol–water partition coefficient (Wildman–Crippen LogP) is 2.13. The van der Waals surface area contributed by atoms with Gasteiger partial charge in [-0.3, -0.25) is 4.90 Å². The molecule has 1 spiro atoms. The fourth-order valence-electron chi connectivity index (χ4n) is 4.30. The number of benzene rings is 1. The summed E-state index contributed by atoms with van der Waals surface area (Å²) in [7, 11) is -3.27. The van der Waals surface area contributed by atoms with Gasteiger partial charge < -0.3 is 4.74 Å². The lowest BCUT2D eigenvalue weighted by Crippen LogP contribution is -2.70. The lowest BCUT2D eigenvalue weighted by atomic mass is 9.95. The number of nitrogens with zero attached hydrogens (tertiary/aromatic N) is 1. The fraction of sp³-hybridized carbons (Fsp3) is 0.625. The molecule has 0 N–H and O–H groups in total. The van der Waals surface area contributed by atoms with Crippen LogP contribution in [0.1, 0.15) is 36.5 Å². The average Bonchev–Trinajstić information content (AvgIpc) is 3.18. The van der Waals surface area contributed by atoms with Crippen molar-refractivity contribution in [2.45, 2.75) is 41.9 Å². The largest absolute Gasteiger partial charge is 0.357 e. The van der Waals surface area contributed by atoms with Crippen molar-refractivity contribution in [2.75, 3.05) is 19.7 Å². The summed E-state index contributed by atoms with van der Waals surface area (Å²) < 4.78 is 31.8. The molecule has 3 fully saturated rings. The van der Waals surface area contributed by atoms with E-state index in [2.05, 4.69) is 4.90 Å². The molecule has 3 aliphatic heterocycles. The summed E-state index contributed by atoms with van der Waals surface area (Å²) in [5.74, 6) is 0. The Morgan fingerprint density at radius 2 is 1.81 bits per heavy atom. The third-order valence-corrected chi connectivity index (χ3v) is 7.96. The van der Waals surface area contributed by atoms with E-state index < -0.39 is 20.0 Å². The SMILES string of the molecule is O=S1(=O)C(c2ccccc2)C(N2CCCC2)C12CCCO2. The molecule has 5 heteroatoms. The number of hydrogen-bond donors (Lipinski definition) is 0. The van der Waals surface area contributed by atoms with Crippen LogP contribution < -0.4 is 0 Å². The van der Waals surface area contributed by atoms with Gasteiger partial charge in [-0.1, -0.05) is 30.3 Å². The average molecular weight is 307 g/mol. The maximum absolute atomic E-state index is 13.0. The highest BCUT2D eigenvalue weighted by molar-refractivity contribution is 7.94. The van der Waals surface area contributed by atoms with Crippen molar-refractivity contribution >= 4 is 9.84 Å². The zero-order valence-electron chi connectivity index (χ0n) is 12.1. The van der Waals surface area contributed by atoms with Gasteiger partial charge in [0.25, 0.3) is 0 Å². The Kier molecular flexibility index (Phi) is 3.14. The van der Waals surface area contributed by atoms with E-state index in [0.717, 1.165) is 37.9 Å². The van der Waals surface area contributed by atoms with Crippen LogP contribution in [0.3, 0.4) is 0 Å². The van der Waals surface area contributed by atoms with E-state index in [1.165, 1.54) is 0 Å². The Bertz CT molecular complexity index is 616. The first-order chi connectivity index (χ1) is 10.2. The molecular weight excluding hydrogens is 286 g/mol. The molecule has 0 radical (unpaired) electrons. The minimum atomic E-state index is -3.27. The summed E-state index contributed by atoms with van der Waals surface area (Å²) in [5.41, 5.74) is 0.913. The minimum Gasteiger partial charge on any atom is -0.357 e. The van der Waals surface area contributed by atoms with Crippen LogP contribution in [0, 0.1) is 0 Å². The van der Waals surface area contributed by atoms with E-state index in [1.54, 1.807) is 0 Å². The summed E-state index contributed by atoms with van der Waals surface area (Å²) in [6.45, 7) is 2.56. The number of ether oxygens (including phenoxy) is 1. The molecule has 1 aromatic carbocycles. The molecule has 114 valence electrons. The number of sulfone groups is 1. The molecule has 0 saturated carbocycles. The molecule has 0 aromatic heterocycles. The maximum atomic E-state index is 13.0. The highest BCUT2D eigenvalue weighted by atomic mass is 32.2. The standard InChI is InChI=1S/C16H21NO3S/c18-21(19)14(13-7-2-1-3-8-13)15(17-10-4-5-11-17)16(21)9-6-12-20-16/h1-3,7-8,14-15H,4-6,9-12H2. The Balaban J connectivity index is 1.78. The summed E-state index contributed by atoms with van der Waals surface area (Å²) in [4.78, 5) is 1.42. The Hall–Kier alpha value is -0.910. The van der Waals surface area contributed by atoms with Gasteiger partial charge in [0.2, 0.25) is 0 Å². The zero-order valence-corrected chi connectivity index (χ0v) is 12.9. The van der Waals surface area contributed by atoms with Gasteiger partial charge in [-0.25, -0.2) is 8.42 Å². The molecule has 4 nitrogen and oxygen atoms in total. The van der Waals surface area contributed by atoms with Crippen molar-refractivity contribution in [3.8, 4) is 0 Å². The Morgan fingerprint density at radius 1 is 1.10 bits per heavy atom. The third kappa shape index (κ3) is 1.77. The van der Waals surface area contributed by atoms with Crippen LogP contribution >= 0.6 is 0 Å². The van der Waals surface area contributed by atoms with Gasteiger partial charge in [0.15, 0.2) is 14.8 Å². The second kappa shape index (κ2) is 4.80. The molecule has 3 aliphatic rings. The summed E-state index contributed by atoms with van der Waals surface area (Å²) in [6.07, 6.45) is 3.83. The highest BCUT2D eigenvalue weighted by Crippen LogP contribution is 2.57. The van der Waals surface area contributed by atoms with Crippen LogP contribution in [0.5, 0.6) is 0 Å². The fourth-order valence-corrected chi connectivity index (χ4v) is 7.05. The van der Waals surface area contributed by atoms with Crippen molar-refractivity contribution in [3.63, 3.8) is 0 Å². The van der Waals surface area contributed by atoms with Crippen LogP contribution in [0.4, 0.5) is 0 Å². The van der Waals surface area contributed by atoms with Crippen LogP contribution in [0.2, 0.25) is 0 Å². The van der Waals surface area contributed by atoms with Gasteiger partial charge in [0.05, 0.1) is 6.04 Å². The van der Waals surface area contributed by atoms with Crippen molar-refractivity contribution in [1.82, 2.24) is 4.90 Å². The molecule has 3 saturated heterocycles. The molecule has 3 atom stereocenters. The van der Waals surface area contributed by atoms with Crippen LogP contribution in [-0.4, -0.2) is 44.0 Å². The lowest BCUT2D eigenvalue weighted by Gasteiger charge is -2.54. The van der Waals surface area contributed by atoms with E-state index in [0.29, 0.717) is 13.0 Å². The zero-order chi connectivity index (χ0) is 14.5. The Labute approximate surface area is 126 Å². The normalized spacial score (nSPS) is 38.7. The number of hydrogen-bond acceptors (Lipinski definition) is 4. The molecule has 4 rings (SSSR count). The van der Waals surface area contributed by atoms with Crippen LogP contribution in [-0.2, 0) is 14.6 Å². The van der Waals surface area contributed by atoms with E-state index in [4.69, 9.17) is 4.74 Å². The molecule has 3 heterocycles. The molecule has 0 amide bonds. The van der Waals surface area contributed by atoms with Gasteiger partial charge in [0, 0.05) is 6.61 Å². The minimum absolute atomic E-state index is 0.00472. The third-order valence-electron chi connectivity index (χ3n) is 5.23. The summed E-state index contributed by atoms with van der Waals surface area (Å²) in [5, 5.41) is -0.421. The highest BCUT2D eigenvalue weighted by Gasteiger charge is 2.71. The first-order valence-electron chi connectivity index (χ1n) is 7.83. The van der Waals surface area contributed by atoms with Crippen LogP contribution in [0.25, 0.3) is 0 Å². The van der Waals surface area contributed by atoms with Crippen molar-refractivity contribution in [1.29, 1.82) is 0 Å². The Morgan fingerprint density at radius 3 is 2.43 bits per heavy atom. The van der Waals surface area contributed by atoms with Crippen LogP contribution in [0.15, 0.2) is 30.3 Å². The van der Waals surface area contributed by atoms with Gasteiger partial charge in [-0.05, 0) is 44.3 Å². The van der Waals surface area contributed by atoms with E-state index in [9.17, 15) is 8.42 Å². The second-order valence-electron chi connectivity index (χ2n) is 6.33. The van der Waals surface area contributed by atoms with Gasteiger partial charge in [-0.15, -0.1) is 0 Å². The van der Waals surface area contributed by atoms with Crippen molar-refractivity contribution < 1.29 is 13.2 Å². The number of rotatable bonds is 2. The van der Waals surface area contributed by atoms with Gasteiger partial charge >= 0.3 is 0 Å². The van der Waals surface area contributed by atoms with Gasteiger partial charge in [-0.2, -0.15) is 0 Å². The smallest absolute Gasteiger partial charge is 0.190 e. The molecule has 21 heavy (non-hydrogen) atoms. The molecule has 0 bridgehead atoms. The quantitative estimate of drug-likeness (QED) is 0.840. The van der Waals surface area contributed by atoms with E-state index >= 15 is 0 Å². The van der Waals surface area contributed by atoms with E-state index in [-0.39, 0.29) is 6.04 Å². The first-order valence-corrected chi connectivity index (χ1v) is 9.38. The van der Waals surface area contributed by atoms with Crippen molar-refractivity contribution in [2.24, 2.45) is 0 Å². The van der Waals surface area contributed by atoms with Crippen molar-refractivity contribution in [3.05, 3.63) is 35.9 Å². The summed E-state index contributed by atoms with van der Waals surface area (Å²) >= 11 is 0. The predicted molar refractivity (Wildman–Crippen MR) is 80.6 cm³/mol. The van der Waals surface area contributed by atoms with E-state index in [1.807, 2.05) is 30.3 Å². The molecular formula is C16H21NO3S. The summed E-state index contributed by atoms with van der Waals surface area (Å²) in [6, 6.07) is 9.65. The van der Waals surface area contributed by atoms with Gasteiger partial charge in [0.1, 0.15) is 5.25 Å².